The SMILES string of the molecule is CCOc1cc(N)c([N+](=O)[O-])cc1C(=O)NC1CCN(CC2CC=CCC2)CC1.O=C(O)CC(=O)O. The number of amides is 1. The van der Waals surface area contributed by atoms with E-state index in [0.717, 1.165) is 44.8 Å². The smallest absolute Gasteiger partial charge is 0.314 e. The van der Waals surface area contributed by atoms with Crippen molar-refractivity contribution in [3.05, 3.63) is 40.0 Å². The van der Waals surface area contributed by atoms with E-state index in [1.54, 1.807) is 6.92 Å². The third-order valence-electron chi connectivity index (χ3n) is 5.99. The molecule has 12 nitrogen and oxygen atoms in total. The maximum atomic E-state index is 12.8. The number of aliphatic carboxylic acids is 2. The molecule has 1 heterocycles. The molecule has 1 saturated heterocycles. The second kappa shape index (κ2) is 14.0. The van der Waals surface area contributed by atoms with Gasteiger partial charge in [0.05, 0.1) is 17.1 Å². The molecule has 198 valence electrons. The monoisotopic (exact) mass is 506 g/mol. The van der Waals surface area contributed by atoms with Gasteiger partial charge < -0.3 is 30.9 Å². The number of nitrogens with two attached hydrogens (primary N) is 1. The highest BCUT2D eigenvalue weighted by Crippen LogP contribution is 2.31. The molecule has 1 aliphatic carbocycles. The Morgan fingerprint density at radius 1 is 1.17 bits per heavy atom. The predicted octanol–water partition coefficient (Wildman–Crippen LogP) is 2.67. The number of rotatable bonds is 9. The van der Waals surface area contributed by atoms with Crippen LogP contribution in [-0.2, 0) is 9.59 Å². The topological polar surface area (TPSA) is 185 Å². The van der Waals surface area contributed by atoms with Gasteiger partial charge in [0.25, 0.3) is 11.6 Å². The van der Waals surface area contributed by atoms with Crippen LogP contribution in [0.1, 0.15) is 55.8 Å². The first-order valence-corrected chi connectivity index (χ1v) is 11.9. The average Bonchev–Trinajstić information content (AvgIpc) is 2.80. The first-order chi connectivity index (χ1) is 17.1. The first kappa shape index (κ1) is 28.6. The number of nitro groups is 1. The summed E-state index contributed by atoms with van der Waals surface area (Å²) >= 11 is 0. The minimum atomic E-state index is -1.31. The molecule has 1 aliphatic heterocycles. The van der Waals surface area contributed by atoms with E-state index in [1.807, 2.05) is 0 Å². The maximum Gasteiger partial charge on any atom is 0.314 e. The number of carbonyl (C=O) groups excluding carboxylic acids is 1. The second-order valence-corrected chi connectivity index (χ2v) is 8.76. The van der Waals surface area contributed by atoms with Gasteiger partial charge in [-0.05, 0) is 44.9 Å². The Balaban J connectivity index is 0.000000572. The molecule has 0 spiro atoms. The summed E-state index contributed by atoms with van der Waals surface area (Å²) < 4.78 is 5.49. The van der Waals surface area contributed by atoms with Crippen molar-refractivity contribution in [2.75, 3.05) is 32.0 Å². The number of piperidine rings is 1. The molecular formula is C24H34N4O8. The number of benzene rings is 1. The highest BCUT2D eigenvalue weighted by atomic mass is 16.6. The van der Waals surface area contributed by atoms with Crippen molar-refractivity contribution in [1.29, 1.82) is 0 Å². The Labute approximate surface area is 209 Å². The van der Waals surface area contributed by atoms with Crippen LogP contribution in [0, 0.1) is 16.0 Å². The van der Waals surface area contributed by atoms with Gasteiger partial charge in [-0.2, -0.15) is 0 Å². The third-order valence-corrected chi connectivity index (χ3v) is 5.99. The minimum absolute atomic E-state index is 0.0131. The van der Waals surface area contributed by atoms with Crippen LogP contribution in [-0.4, -0.2) is 70.2 Å². The summed E-state index contributed by atoms with van der Waals surface area (Å²) in [4.78, 5) is 44.8. The van der Waals surface area contributed by atoms with E-state index in [9.17, 15) is 24.5 Å². The summed E-state index contributed by atoms with van der Waals surface area (Å²) in [6, 6.07) is 2.62. The lowest BCUT2D eigenvalue weighted by Gasteiger charge is -2.35. The van der Waals surface area contributed by atoms with Gasteiger partial charge in [0.1, 0.15) is 17.9 Å². The molecule has 1 fully saturated rings. The van der Waals surface area contributed by atoms with Crippen LogP contribution in [0.15, 0.2) is 24.3 Å². The molecule has 0 saturated carbocycles. The molecule has 3 rings (SSSR count). The summed E-state index contributed by atoms with van der Waals surface area (Å²) in [7, 11) is 0. The number of nitrogen functional groups attached to an aromatic ring is 1. The molecule has 1 atom stereocenters. The van der Waals surface area contributed by atoms with Gasteiger partial charge in [-0.15, -0.1) is 0 Å². The van der Waals surface area contributed by atoms with E-state index in [1.165, 1.54) is 25.0 Å². The predicted molar refractivity (Wildman–Crippen MR) is 132 cm³/mol. The number of nitrogens with zero attached hydrogens (tertiary/aromatic N) is 2. The van der Waals surface area contributed by atoms with Crippen molar-refractivity contribution in [2.24, 2.45) is 5.92 Å². The van der Waals surface area contributed by atoms with Crippen molar-refractivity contribution >= 4 is 29.2 Å². The van der Waals surface area contributed by atoms with Gasteiger partial charge in [0, 0.05) is 37.8 Å². The lowest BCUT2D eigenvalue weighted by Crippen LogP contribution is -2.45. The van der Waals surface area contributed by atoms with Crippen LogP contribution in [0.5, 0.6) is 5.75 Å². The number of allylic oxidation sites excluding steroid dienone is 2. The van der Waals surface area contributed by atoms with Gasteiger partial charge in [-0.25, -0.2) is 0 Å². The normalized spacial score (nSPS) is 18.0. The van der Waals surface area contributed by atoms with Crippen LogP contribution in [0.4, 0.5) is 11.4 Å². The van der Waals surface area contributed by atoms with Crippen molar-refractivity contribution < 1.29 is 34.3 Å². The van der Waals surface area contributed by atoms with Gasteiger partial charge in [-0.3, -0.25) is 24.5 Å². The minimum Gasteiger partial charge on any atom is -0.493 e. The number of carboxylic acids is 2. The van der Waals surface area contributed by atoms with Gasteiger partial charge in [0.15, 0.2) is 0 Å². The number of ether oxygens (including phenoxy) is 1. The molecule has 1 aromatic rings. The summed E-state index contributed by atoms with van der Waals surface area (Å²) in [6.45, 7) is 5.14. The summed E-state index contributed by atoms with van der Waals surface area (Å²) in [5.41, 5.74) is 5.60. The van der Waals surface area contributed by atoms with E-state index in [2.05, 4.69) is 22.4 Å². The summed E-state index contributed by atoms with van der Waals surface area (Å²) in [5, 5.41) is 29.6. The molecule has 12 heteroatoms. The molecule has 1 unspecified atom stereocenters. The number of nitrogens with one attached hydrogen (secondary N) is 1. The Hall–Kier alpha value is -3.67. The number of nitro benzene ring substituents is 1. The van der Waals surface area contributed by atoms with E-state index < -0.39 is 23.3 Å². The van der Waals surface area contributed by atoms with Crippen LogP contribution in [0.25, 0.3) is 0 Å². The Bertz CT molecular complexity index is 961. The molecule has 2 aliphatic rings. The highest BCUT2D eigenvalue weighted by molar-refractivity contribution is 5.98. The van der Waals surface area contributed by atoms with Crippen molar-refractivity contribution in [3.63, 3.8) is 0 Å². The Kier molecular flexibility index (Phi) is 11.1. The van der Waals surface area contributed by atoms with Crippen LogP contribution in [0.2, 0.25) is 0 Å². The van der Waals surface area contributed by atoms with Crippen molar-refractivity contribution in [2.45, 2.75) is 51.5 Å². The Morgan fingerprint density at radius 3 is 2.33 bits per heavy atom. The molecule has 5 N–H and O–H groups in total. The van der Waals surface area contributed by atoms with Gasteiger partial charge in [0.2, 0.25) is 0 Å². The molecular weight excluding hydrogens is 472 g/mol. The number of carboxylic acid groups (broad SMARTS) is 2. The van der Waals surface area contributed by atoms with E-state index in [4.69, 9.17) is 20.7 Å². The Morgan fingerprint density at radius 2 is 1.83 bits per heavy atom. The quantitative estimate of drug-likeness (QED) is 0.128. The zero-order valence-electron chi connectivity index (χ0n) is 20.4. The number of likely N-dealkylation sites (tertiary alicyclic amines) is 1. The molecule has 1 amide bonds. The zero-order chi connectivity index (χ0) is 26.7. The fraction of sp³-hybridized carbons (Fsp3) is 0.542. The van der Waals surface area contributed by atoms with Crippen molar-refractivity contribution in [3.8, 4) is 5.75 Å². The lowest BCUT2D eigenvalue weighted by molar-refractivity contribution is -0.383. The third kappa shape index (κ3) is 9.17. The molecule has 0 radical (unpaired) electrons. The summed E-state index contributed by atoms with van der Waals surface area (Å²) in [5.74, 6) is -1.97. The lowest BCUT2D eigenvalue weighted by atomic mass is 9.93. The fourth-order valence-electron chi connectivity index (χ4n) is 4.23. The molecule has 36 heavy (non-hydrogen) atoms. The highest BCUT2D eigenvalue weighted by Gasteiger charge is 2.26. The molecule has 0 aromatic heterocycles. The number of carbonyl (C=O) groups is 3. The molecule has 0 bridgehead atoms. The maximum absolute atomic E-state index is 12.8. The molecule has 1 aromatic carbocycles. The standard InChI is InChI=1S/C21H30N4O4.C3H4O4/c1-2-29-20-13-18(22)19(25(27)28)12-17(20)21(26)23-16-8-10-24(11-9-16)14-15-6-4-3-5-7-15;4-2(5)1-3(6)7/h3-4,12-13,15-16H,2,5-11,14,22H2,1H3,(H,23,26);1H2,(H,4,5)(H,6,7). The van der Waals surface area contributed by atoms with E-state index >= 15 is 0 Å². The van der Waals surface area contributed by atoms with E-state index in [-0.39, 0.29) is 34.6 Å². The number of anilines is 1. The average molecular weight is 507 g/mol. The van der Waals surface area contributed by atoms with Crippen LogP contribution < -0.4 is 15.8 Å². The van der Waals surface area contributed by atoms with Crippen LogP contribution >= 0.6 is 0 Å². The van der Waals surface area contributed by atoms with Crippen molar-refractivity contribution in [1.82, 2.24) is 10.2 Å². The number of hydrogen-bond donors (Lipinski definition) is 4. The van der Waals surface area contributed by atoms with E-state index in [0.29, 0.717) is 6.61 Å². The number of hydrogen-bond acceptors (Lipinski definition) is 8. The second-order valence-electron chi connectivity index (χ2n) is 8.76. The van der Waals surface area contributed by atoms with Crippen LogP contribution in [0.3, 0.4) is 0 Å². The first-order valence-electron chi connectivity index (χ1n) is 11.9. The summed E-state index contributed by atoms with van der Waals surface area (Å²) in [6.07, 6.45) is 9.06. The van der Waals surface area contributed by atoms with Gasteiger partial charge in [-0.1, -0.05) is 12.2 Å². The largest absolute Gasteiger partial charge is 0.493 e. The van der Waals surface area contributed by atoms with Gasteiger partial charge >= 0.3 is 11.9 Å². The fourth-order valence-corrected chi connectivity index (χ4v) is 4.23. The zero-order valence-corrected chi connectivity index (χ0v) is 20.4.